The van der Waals surface area contributed by atoms with Gasteiger partial charge in [-0.2, -0.15) is 0 Å². The molecule has 22 heavy (non-hydrogen) atoms. The minimum Gasteiger partial charge on any atom is -0.337 e. The third kappa shape index (κ3) is 4.34. The number of rotatable bonds is 7. The van der Waals surface area contributed by atoms with Crippen molar-refractivity contribution in [1.29, 1.82) is 0 Å². The van der Waals surface area contributed by atoms with Gasteiger partial charge in [-0.15, -0.1) is 11.3 Å². The molecule has 0 radical (unpaired) electrons. The van der Waals surface area contributed by atoms with E-state index in [-0.39, 0.29) is 11.8 Å². The second-order valence-corrected chi connectivity index (χ2v) is 7.11. The van der Waals surface area contributed by atoms with Crippen molar-refractivity contribution in [3.63, 3.8) is 0 Å². The Hall–Kier alpha value is -1.32. The number of carbonyl (C=O) groups excluding carboxylic acids is 1. The highest BCUT2D eigenvalue weighted by atomic mass is 35.5. The Morgan fingerprint density at radius 2 is 1.91 bits per heavy atom. The Morgan fingerprint density at radius 1 is 1.18 bits per heavy atom. The first-order chi connectivity index (χ1) is 10.7. The van der Waals surface area contributed by atoms with Crippen LogP contribution in [-0.4, -0.2) is 17.4 Å². The van der Waals surface area contributed by atoms with Crippen LogP contribution in [0.2, 0.25) is 4.34 Å². The lowest BCUT2D eigenvalue weighted by Crippen LogP contribution is -2.34. The molecule has 4 heteroatoms. The maximum Gasteiger partial charge on any atom is 0.230 e. The SMILES string of the molecule is CCCC(C(=O)N(CC)Cc1ccc(Cl)s1)c1ccccc1. The summed E-state index contributed by atoms with van der Waals surface area (Å²) in [4.78, 5) is 16.0. The van der Waals surface area contributed by atoms with Gasteiger partial charge >= 0.3 is 0 Å². The number of hydrogen-bond donors (Lipinski definition) is 0. The van der Waals surface area contributed by atoms with Crippen LogP contribution in [0.1, 0.15) is 43.0 Å². The van der Waals surface area contributed by atoms with Crippen LogP contribution in [-0.2, 0) is 11.3 Å². The molecular weight excluding hydrogens is 314 g/mol. The van der Waals surface area contributed by atoms with Gasteiger partial charge in [0.25, 0.3) is 0 Å². The molecule has 0 N–H and O–H groups in total. The number of thiophene rings is 1. The van der Waals surface area contributed by atoms with Crippen LogP contribution >= 0.6 is 22.9 Å². The molecule has 2 nitrogen and oxygen atoms in total. The Bertz CT molecular complexity index is 596. The van der Waals surface area contributed by atoms with Crippen LogP contribution in [0.3, 0.4) is 0 Å². The van der Waals surface area contributed by atoms with Gasteiger partial charge < -0.3 is 4.90 Å². The number of hydrogen-bond acceptors (Lipinski definition) is 2. The summed E-state index contributed by atoms with van der Waals surface area (Å²) in [7, 11) is 0. The minimum atomic E-state index is -0.0541. The molecular formula is C18H22ClNOS. The van der Waals surface area contributed by atoms with Crippen LogP contribution in [0.15, 0.2) is 42.5 Å². The van der Waals surface area contributed by atoms with Crippen molar-refractivity contribution in [2.75, 3.05) is 6.54 Å². The van der Waals surface area contributed by atoms with Crippen LogP contribution in [0.4, 0.5) is 0 Å². The lowest BCUT2D eigenvalue weighted by molar-refractivity contribution is -0.133. The number of carbonyl (C=O) groups is 1. The van der Waals surface area contributed by atoms with Gasteiger partial charge in [-0.1, -0.05) is 55.3 Å². The molecule has 2 rings (SSSR count). The van der Waals surface area contributed by atoms with Crippen molar-refractivity contribution in [3.05, 3.63) is 57.2 Å². The Morgan fingerprint density at radius 3 is 2.45 bits per heavy atom. The Kier molecular flexibility index (Phi) is 6.47. The zero-order chi connectivity index (χ0) is 15.9. The quantitative estimate of drug-likeness (QED) is 0.669. The van der Waals surface area contributed by atoms with Gasteiger partial charge in [-0.05, 0) is 31.0 Å². The fraction of sp³-hybridized carbons (Fsp3) is 0.389. The van der Waals surface area contributed by atoms with Crippen molar-refractivity contribution in [2.24, 2.45) is 0 Å². The standard InChI is InChI=1S/C18H22ClNOS/c1-3-8-16(14-9-6-5-7-10-14)18(21)20(4-2)13-15-11-12-17(19)22-15/h5-7,9-12,16H,3-4,8,13H2,1-2H3. The molecule has 0 aliphatic heterocycles. The molecule has 0 aliphatic rings. The Labute approximate surface area is 141 Å². The van der Waals surface area contributed by atoms with Gasteiger partial charge in [-0.3, -0.25) is 4.79 Å². The van der Waals surface area contributed by atoms with Gasteiger partial charge in [0.15, 0.2) is 0 Å². The molecule has 0 spiro atoms. The average Bonchev–Trinajstić information content (AvgIpc) is 2.95. The first-order valence-electron chi connectivity index (χ1n) is 7.73. The van der Waals surface area contributed by atoms with E-state index in [4.69, 9.17) is 11.6 Å². The average molecular weight is 336 g/mol. The van der Waals surface area contributed by atoms with E-state index in [0.29, 0.717) is 13.1 Å². The summed E-state index contributed by atoms with van der Waals surface area (Å²) in [5.41, 5.74) is 1.11. The van der Waals surface area contributed by atoms with Crippen molar-refractivity contribution in [2.45, 2.75) is 39.2 Å². The summed E-state index contributed by atoms with van der Waals surface area (Å²) >= 11 is 7.53. The molecule has 1 aromatic carbocycles. The van der Waals surface area contributed by atoms with Crippen molar-refractivity contribution in [1.82, 2.24) is 4.90 Å². The largest absolute Gasteiger partial charge is 0.337 e. The number of halogens is 1. The highest BCUT2D eigenvalue weighted by Gasteiger charge is 2.24. The van der Waals surface area contributed by atoms with E-state index in [1.54, 1.807) is 11.3 Å². The number of benzene rings is 1. The van der Waals surface area contributed by atoms with Crippen molar-refractivity contribution >= 4 is 28.8 Å². The first-order valence-corrected chi connectivity index (χ1v) is 8.93. The molecule has 1 amide bonds. The molecule has 1 heterocycles. The number of likely N-dealkylation sites (N-methyl/N-ethyl adjacent to an activating group) is 1. The topological polar surface area (TPSA) is 20.3 Å². The molecule has 1 aromatic heterocycles. The van der Waals surface area contributed by atoms with Gasteiger partial charge in [0.2, 0.25) is 5.91 Å². The lowest BCUT2D eigenvalue weighted by Gasteiger charge is -2.26. The Balaban J connectivity index is 2.16. The zero-order valence-corrected chi connectivity index (χ0v) is 14.7. The van der Waals surface area contributed by atoms with Gasteiger partial charge in [0.05, 0.1) is 16.8 Å². The summed E-state index contributed by atoms with van der Waals surface area (Å²) in [5, 5.41) is 0. The van der Waals surface area contributed by atoms with Crippen LogP contribution in [0, 0.1) is 0 Å². The summed E-state index contributed by atoms with van der Waals surface area (Å²) in [5.74, 6) is 0.154. The minimum absolute atomic E-state index is 0.0541. The van der Waals surface area contributed by atoms with Gasteiger partial charge in [-0.25, -0.2) is 0 Å². The number of nitrogens with zero attached hydrogens (tertiary/aromatic N) is 1. The predicted molar refractivity (Wildman–Crippen MR) is 94.5 cm³/mol. The predicted octanol–water partition coefficient (Wildman–Crippen LogP) is 5.33. The fourth-order valence-electron chi connectivity index (χ4n) is 2.60. The molecule has 0 saturated carbocycles. The summed E-state index contributed by atoms with van der Waals surface area (Å²) < 4.78 is 0.770. The van der Waals surface area contributed by atoms with E-state index in [1.165, 1.54) is 0 Å². The fourth-order valence-corrected chi connectivity index (χ4v) is 3.70. The highest BCUT2D eigenvalue weighted by molar-refractivity contribution is 7.16. The third-order valence-electron chi connectivity index (χ3n) is 3.75. The maximum absolute atomic E-state index is 13.0. The van der Waals surface area contributed by atoms with E-state index in [2.05, 4.69) is 6.92 Å². The molecule has 0 bridgehead atoms. The van der Waals surface area contributed by atoms with E-state index < -0.39 is 0 Å². The highest BCUT2D eigenvalue weighted by Crippen LogP contribution is 2.27. The summed E-state index contributed by atoms with van der Waals surface area (Å²) in [6.07, 6.45) is 1.87. The molecule has 1 unspecified atom stereocenters. The third-order valence-corrected chi connectivity index (χ3v) is 4.96. The van der Waals surface area contributed by atoms with Crippen molar-refractivity contribution < 1.29 is 4.79 Å². The smallest absolute Gasteiger partial charge is 0.230 e. The van der Waals surface area contributed by atoms with Crippen LogP contribution in [0.25, 0.3) is 0 Å². The molecule has 118 valence electrons. The second kappa shape index (κ2) is 8.35. The normalized spacial score (nSPS) is 12.1. The first kappa shape index (κ1) is 17.0. The summed E-state index contributed by atoms with van der Waals surface area (Å²) in [6.45, 7) is 5.50. The number of amides is 1. The monoisotopic (exact) mass is 335 g/mol. The van der Waals surface area contributed by atoms with Crippen LogP contribution < -0.4 is 0 Å². The molecule has 0 saturated heterocycles. The van der Waals surface area contributed by atoms with E-state index in [0.717, 1.165) is 27.6 Å². The second-order valence-electron chi connectivity index (χ2n) is 5.31. The molecule has 0 fully saturated rings. The summed E-state index contributed by atoms with van der Waals surface area (Å²) in [6, 6.07) is 14.0. The van der Waals surface area contributed by atoms with E-state index in [1.807, 2.05) is 54.3 Å². The molecule has 2 aromatic rings. The zero-order valence-electron chi connectivity index (χ0n) is 13.1. The lowest BCUT2D eigenvalue weighted by atomic mass is 9.93. The van der Waals surface area contributed by atoms with Gasteiger partial charge in [0, 0.05) is 11.4 Å². The maximum atomic E-state index is 13.0. The molecule has 1 atom stereocenters. The van der Waals surface area contributed by atoms with Crippen molar-refractivity contribution in [3.8, 4) is 0 Å². The van der Waals surface area contributed by atoms with E-state index in [9.17, 15) is 4.79 Å². The molecule has 0 aliphatic carbocycles. The van der Waals surface area contributed by atoms with Gasteiger partial charge in [0.1, 0.15) is 0 Å². The van der Waals surface area contributed by atoms with E-state index >= 15 is 0 Å². The van der Waals surface area contributed by atoms with Crippen LogP contribution in [0.5, 0.6) is 0 Å².